The molecular weight excluding hydrogens is 238 g/mol. The number of rotatable bonds is 2. The first-order valence-corrected chi connectivity index (χ1v) is 7.16. The highest BCUT2D eigenvalue weighted by Crippen LogP contribution is 2.27. The second-order valence-electron chi connectivity index (χ2n) is 3.98. The molecule has 1 aromatic carbocycles. The van der Waals surface area contributed by atoms with Crippen molar-refractivity contribution in [1.29, 1.82) is 0 Å². The summed E-state index contributed by atoms with van der Waals surface area (Å²) in [7, 11) is -3.28. The van der Waals surface area contributed by atoms with Gasteiger partial charge in [0.1, 0.15) is 0 Å². The van der Waals surface area contributed by atoms with Crippen molar-refractivity contribution in [3.05, 3.63) is 40.8 Å². The van der Waals surface area contributed by atoms with Gasteiger partial charge < -0.3 is 5.32 Å². The molecule has 0 saturated heterocycles. The van der Waals surface area contributed by atoms with Crippen molar-refractivity contribution in [2.45, 2.75) is 12.8 Å². The van der Waals surface area contributed by atoms with Gasteiger partial charge in [0.05, 0.1) is 10.6 Å². The third-order valence-corrected chi connectivity index (χ3v) is 3.94. The summed E-state index contributed by atoms with van der Waals surface area (Å²) in [4.78, 5) is 11.7. The number of nitrogens with one attached hydrogen (secondary N) is 1. The summed E-state index contributed by atoms with van der Waals surface area (Å²) < 4.78 is 23.3. The highest BCUT2D eigenvalue weighted by molar-refractivity contribution is 7.94. The van der Waals surface area contributed by atoms with E-state index in [0.29, 0.717) is 10.6 Å². The van der Waals surface area contributed by atoms with Crippen LogP contribution in [0.2, 0.25) is 0 Å². The molecule has 1 heterocycles. The van der Waals surface area contributed by atoms with Crippen LogP contribution in [0, 0.1) is 0 Å². The number of allylic oxidation sites excluding steroid dienone is 1. The van der Waals surface area contributed by atoms with Gasteiger partial charge in [0.15, 0.2) is 9.84 Å². The van der Waals surface area contributed by atoms with Crippen LogP contribution in [0.1, 0.15) is 18.4 Å². The molecule has 1 amide bonds. The quantitative estimate of drug-likeness (QED) is 0.862. The van der Waals surface area contributed by atoms with Crippen LogP contribution in [-0.4, -0.2) is 20.6 Å². The van der Waals surface area contributed by atoms with E-state index in [1.807, 2.05) is 18.2 Å². The predicted octanol–water partition coefficient (Wildman–Crippen LogP) is 1.31. The fourth-order valence-electron chi connectivity index (χ4n) is 1.83. The van der Waals surface area contributed by atoms with Gasteiger partial charge in [-0.1, -0.05) is 30.3 Å². The normalized spacial score (nSPS) is 16.9. The fraction of sp³-hybridized carbons (Fsp3) is 0.250. The number of amides is 1. The molecule has 0 radical (unpaired) electrons. The smallest absolute Gasteiger partial charge is 0.224 e. The molecule has 1 aromatic rings. The molecule has 0 bridgehead atoms. The first kappa shape index (κ1) is 11.9. The fourth-order valence-corrected chi connectivity index (χ4v) is 2.84. The summed E-state index contributed by atoms with van der Waals surface area (Å²) in [6.45, 7) is 0. The number of benzene rings is 1. The standard InChI is InChI=1S/C12H13NO3S/c1-17(15,16)10-7-8-11(14)13-12(10)9-5-3-2-4-6-9/h2-6H,7-8H2,1H3,(H,13,14). The summed E-state index contributed by atoms with van der Waals surface area (Å²) >= 11 is 0. The highest BCUT2D eigenvalue weighted by atomic mass is 32.2. The second-order valence-corrected chi connectivity index (χ2v) is 6.02. The molecule has 1 N–H and O–H groups in total. The van der Waals surface area contributed by atoms with E-state index >= 15 is 0 Å². The second kappa shape index (κ2) is 4.33. The van der Waals surface area contributed by atoms with Gasteiger partial charge in [0, 0.05) is 12.7 Å². The maximum Gasteiger partial charge on any atom is 0.224 e. The van der Waals surface area contributed by atoms with Gasteiger partial charge in [-0.3, -0.25) is 4.79 Å². The Morgan fingerprint density at radius 1 is 1.12 bits per heavy atom. The van der Waals surface area contributed by atoms with Crippen LogP contribution in [0.4, 0.5) is 0 Å². The zero-order valence-corrected chi connectivity index (χ0v) is 10.3. The zero-order valence-electron chi connectivity index (χ0n) is 9.43. The molecular formula is C12H13NO3S. The number of hydrogen-bond acceptors (Lipinski definition) is 3. The maximum atomic E-state index is 11.7. The van der Waals surface area contributed by atoms with Crippen LogP contribution < -0.4 is 5.32 Å². The average molecular weight is 251 g/mol. The Kier molecular flexibility index (Phi) is 3.02. The van der Waals surface area contributed by atoms with Gasteiger partial charge in [0.2, 0.25) is 5.91 Å². The third-order valence-electron chi connectivity index (χ3n) is 2.63. The molecule has 1 aliphatic heterocycles. The van der Waals surface area contributed by atoms with Crippen LogP contribution in [0.3, 0.4) is 0 Å². The summed E-state index contributed by atoms with van der Waals surface area (Å²) in [5, 5.41) is 2.65. The Labute approximate surface area is 100 Å². The van der Waals surface area contributed by atoms with Crippen LogP contribution in [-0.2, 0) is 14.6 Å². The zero-order chi connectivity index (χ0) is 12.5. The molecule has 17 heavy (non-hydrogen) atoms. The SMILES string of the molecule is CS(=O)(=O)C1=C(c2ccccc2)NC(=O)CC1. The number of carbonyl (C=O) groups excluding carboxylic acids is 1. The van der Waals surface area contributed by atoms with E-state index < -0.39 is 9.84 Å². The van der Waals surface area contributed by atoms with Crippen LogP contribution in [0.5, 0.6) is 0 Å². The molecule has 90 valence electrons. The highest BCUT2D eigenvalue weighted by Gasteiger charge is 2.25. The lowest BCUT2D eigenvalue weighted by atomic mass is 10.1. The predicted molar refractivity (Wildman–Crippen MR) is 65.6 cm³/mol. The Bertz CT molecular complexity index is 573. The molecule has 2 rings (SSSR count). The van der Waals surface area contributed by atoms with Crippen molar-refractivity contribution < 1.29 is 13.2 Å². The first-order chi connectivity index (χ1) is 7.98. The minimum atomic E-state index is -3.28. The molecule has 1 aliphatic rings. The number of sulfone groups is 1. The lowest BCUT2D eigenvalue weighted by Crippen LogP contribution is -2.29. The Morgan fingerprint density at radius 2 is 1.76 bits per heavy atom. The Hall–Kier alpha value is -1.62. The topological polar surface area (TPSA) is 63.2 Å². The molecule has 0 fully saturated rings. The molecule has 0 unspecified atom stereocenters. The van der Waals surface area contributed by atoms with Gasteiger partial charge in [-0.2, -0.15) is 0 Å². The van der Waals surface area contributed by atoms with Gasteiger partial charge in [-0.15, -0.1) is 0 Å². The van der Waals surface area contributed by atoms with Crippen molar-refractivity contribution in [3.63, 3.8) is 0 Å². The number of carbonyl (C=O) groups is 1. The maximum absolute atomic E-state index is 11.7. The molecule has 4 nitrogen and oxygen atoms in total. The van der Waals surface area contributed by atoms with Crippen molar-refractivity contribution in [1.82, 2.24) is 5.32 Å². The van der Waals surface area contributed by atoms with E-state index in [4.69, 9.17) is 0 Å². The van der Waals surface area contributed by atoms with Crippen molar-refractivity contribution in [2.24, 2.45) is 0 Å². The van der Waals surface area contributed by atoms with E-state index in [0.717, 1.165) is 5.56 Å². The minimum absolute atomic E-state index is 0.142. The van der Waals surface area contributed by atoms with Gasteiger partial charge >= 0.3 is 0 Å². The van der Waals surface area contributed by atoms with Crippen molar-refractivity contribution in [2.75, 3.05) is 6.26 Å². The van der Waals surface area contributed by atoms with Crippen LogP contribution in [0.15, 0.2) is 35.2 Å². The molecule has 0 aromatic heterocycles. The van der Waals surface area contributed by atoms with Gasteiger partial charge in [-0.25, -0.2) is 8.42 Å². The molecule has 0 aliphatic carbocycles. The molecule has 0 spiro atoms. The van der Waals surface area contributed by atoms with E-state index in [9.17, 15) is 13.2 Å². The summed E-state index contributed by atoms with van der Waals surface area (Å²) in [5.74, 6) is -0.142. The minimum Gasteiger partial charge on any atom is -0.325 e. The average Bonchev–Trinajstić information content (AvgIpc) is 2.28. The first-order valence-electron chi connectivity index (χ1n) is 5.27. The molecule has 0 saturated carbocycles. The summed E-state index contributed by atoms with van der Waals surface area (Å²) in [5.41, 5.74) is 1.14. The van der Waals surface area contributed by atoms with Gasteiger partial charge in [0.25, 0.3) is 0 Å². The Balaban J connectivity index is 2.59. The Morgan fingerprint density at radius 3 is 2.35 bits per heavy atom. The van der Waals surface area contributed by atoms with E-state index in [1.54, 1.807) is 12.1 Å². The van der Waals surface area contributed by atoms with E-state index in [2.05, 4.69) is 5.32 Å². The molecule has 0 atom stereocenters. The third kappa shape index (κ3) is 2.55. The molecule has 5 heteroatoms. The lowest BCUT2D eigenvalue weighted by Gasteiger charge is -2.20. The van der Waals surface area contributed by atoms with Gasteiger partial charge in [-0.05, 0) is 12.0 Å². The van der Waals surface area contributed by atoms with Crippen molar-refractivity contribution >= 4 is 21.4 Å². The monoisotopic (exact) mass is 251 g/mol. The lowest BCUT2D eigenvalue weighted by molar-refractivity contribution is -0.120. The van der Waals surface area contributed by atoms with Crippen molar-refractivity contribution in [3.8, 4) is 0 Å². The largest absolute Gasteiger partial charge is 0.325 e. The van der Waals surface area contributed by atoms with Crippen LogP contribution in [0.25, 0.3) is 5.70 Å². The van der Waals surface area contributed by atoms with E-state index in [-0.39, 0.29) is 18.7 Å². The van der Waals surface area contributed by atoms with Crippen LogP contribution >= 0.6 is 0 Å². The summed E-state index contributed by atoms with van der Waals surface area (Å²) in [6.07, 6.45) is 1.66. The summed E-state index contributed by atoms with van der Waals surface area (Å²) in [6, 6.07) is 9.03. The van der Waals surface area contributed by atoms with E-state index in [1.165, 1.54) is 6.26 Å². The number of hydrogen-bond donors (Lipinski definition) is 1.